The van der Waals surface area contributed by atoms with Crippen LogP contribution < -0.4 is 0 Å². The molecule has 0 bridgehead atoms. The maximum Gasteiger partial charge on any atom is 0.335 e. The van der Waals surface area contributed by atoms with Crippen molar-refractivity contribution >= 4 is 5.97 Å². The first-order valence-corrected chi connectivity index (χ1v) is 4.87. The lowest BCUT2D eigenvalue weighted by Gasteiger charge is -2.16. The largest absolute Gasteiger partial charge is 0.429 e. The molecule has 2 rings (SSSR count). The third-order valence-corrected chi connectivity index (χ3v) is 2.67. The van der Waals surface area contributed by atoms with E-state index in [1.165, 1.54) is 0 Å². The fourth-order valence-corrected chi connectivity index (χ4v) is 1.77. The monoisotopic (exact) mass is 214 g/mol. The van der Waals surface area contributed by atoms with E-state index in [1.807, 2.05) is 0 Å². The number of rotatable bonds is 2. The molecule has 2 heterocycles. The summed E-state index contributed by atoms with van der Waals surface area (Å²) in [7, 11) is 0. The lowest BCUT2D eigenvalue weighted by molar-refractivity contribution is -0.181. The van der Waals surface area contributed by atoms with Gasteiger partial charge in [-0.05, 0) is 6.92 Å². The Morgan fingerprint density at radius 1 is 1.47 bits per heavy atom. The van der Waals surface area contributed by atoms with Crippen molar-refractivity contribution in [3.63, 3.8) is 0 Å². The van der Waals surface area contributed by atoms with Crippen molar-refractivity contribution in [1.29, 1.82) is 0 Å². The van der Waals surface area contributed by atoms with Gasteiger partial charge in [-0.3, -0.25) is 0 Å². The van der Waals surface area contributed by atoms with Crippen LogP contribution >= 0.6 is 0 Å². The Morgan fingerprint density at radius 3 is 2.87 bits per heavy atom. The van der Waals surface area contributed by atoms with Crippen molar-refractivity contribution in [2.75, 3.05) is 13.2 Å². The Labute approximate surface area is 87.6 Å². The number of hydrogen-bond donors (Lipinski definition) is 1. The molecule has 0 aromatic rings. The molecule has 0 radical (unpaired) electrons. The smallest absolute Gasteiger partial charge is 0.335 e. The van der Waals surface area contributed by atoms with E-state index in [2.05, 4.69) is 6.58 Å². The van der Waals surface area contributed by atoms with Gasteiger partial charge in [0.05, 0.1) is 19.3 Å². The summed E-state index contributed by atoms with van der Waals surface area (Å²) >= 11 is 0. The molecule has 0 saturated carbocycles. The van der Waals surface area contributed by atoms with E-state index in [1.54, 1.807) is 6.92 Å². The summed E-state index contributed by atoms with van der Waals surface area (Å²) in [6.45, 7) is 5.68. The predicted octanol–water partition coefficient (Wildman–Crippen LogP) is -0.162. The molecular weight excluding hydrogens is 200 g/mol. The Bertz CT molecular complexity index is 288. The first-order valence-electron chi connectivity index (χ1n) is 4.87. The molecule has 4 atom stereocenters. The second-order valence-electron chi connectivity index (χ2n) is 3.92. The highest BCUT2D eigenvalue weighted by atomic mass is 16.7. The Kier molecular flexibility index (Phi) is 2.77. The highest BCUT2D eigenvalue weighted by Crippen LogP contribution is 2.32. The van der Waals surface area contributed by atoms with Crippen LogP contribution in [-0.4, -0.2) is 42.8 Å². The third kappa shape index (κ3) is 1.90. The fourth-order valence-electron chi connectivity index (χ4n) is 1.77. The van der Waals surface area contributed by atoms with Gasteiger partial charge in [-0.1, -0.05) is 6.58 Å². The van der Waals surface area contributed by atoms with Crippen LogP contribution in [0, 0.1) is 5.92 Å². The van der Waals surface area contributed by atoms with E-state index >= 15 is 0 Å². The van der Waals surface area contributed by atoms with Crippen molar-refractivity contribution in [2.45, 2.75) is 25.4 Å². The zero-order valence-corrected chi connectivity index (χ0v) is 8.51. The normalized spacial score (nSPS) is 38.8. The molecule has 5 nitrogen and oxygen atoms in total. The minimum atomic E-state index is -0.712. The second-order valence-corrected chi connectivity index (χ2v) is 3.92. The quantitative estimate of drug-likeness (QED) is 0.511. The molecular formula is C10H14O5. The van der Waals surface area contributed by atoms with E-state index < -0.39 is 18.4 Å². The summed E-state index contributed by atoms with van der Waals surface area (Å²) in [4.78, 5) is 11.2. The first-order chi connectivity index (χ1) is 7.09. The van der Waals surface area contributed by atoms with Crippen molar-refractivity contribution in [3.05, 3.63) is 12.2 Å². The SMILES string of the molecule is C=C(C)C(=O)OC1OCC2C(O)COC12. The number of hydrogen-bond acceptors (Lipinski definition) is 5. The van der Waals surface area contributed by atoms with Gasteiger partial charge in [0.1, 0.15) is 6.10 Å². The molecule has 2 saturated heterocycles. The summed E-state index contributed by atoms with van der Waals surface area (Å²) in [5.41, 5.74) is 0.320. The maximum atomic E-state index is 11.2. The summed E-state index contributed by atoms with van der Waals surface area (Å²) in [5, 5.41) is 9.50. The van der Waals surface area contributed by atoms with Crippen LogP contribution in [-0.2, 0) is 19.0 Å². The summed E-state index contributed by atoms with van der Waals surface area (Å²) in [6.07, 6.45) is -1.58. The maximum absolute atomic E-state index is 11.2. The highest BCUT2D eigenvalue weighted by Gasteiger charge is 2.48. The number of aliphatic hydroxyl groups excluding tert-OH is 1. The van der Waals surface area contributed by atoms with Crippen LogP contribution in [0.3, 0.4) is 0 Å². The van der Waals surface area contributed by atoms with Gasteiger partial charge in [-0.25, -0.2) is 4.79 Å². The molecule has 0 aromatic heterocycles. The third-order valence-electron chi connectivity index (χ3n) is 2.67. The number of aliphatic hydroxyl groups is 1. The van der Waals surface area contributed by atoms with Gasteiger partial charge in [0.2, 0.25) is 6.29 Å². The number of carbonyl (C=O) groups excluding carboxylic acids is 1. The van der Waals surface area contributed by atoms with E-state index in [-0.39, 0.29) is 18.6 Å². The Balaban J connectivity index is 1.95. The molecule has 2 aliphatic rings. The molecule has 4 unspecified atom stereocenters. The number of fused-ring (bicyclic) bond motifs is 1. The molecule has 0 aromatic carbocycles. The lowest BCUT2D eigenvalue weighted by Crippen LogP contribution is -2.31. The number of esters is 1. The van der Waals surface area contributed by atoms with Gasteiger partial charge in [-0.2, -0.15) is 0 Å². The van der Waals surface area contributed by atoms with Crippen molar-refractivity contribution in [3.8, 4) is 0 Å². The van der Waals surface area contributed by atoms with Crippen molar-refractivity contribution in [1.82, 2.24) is 0 Å². The van der Waals surface area contributed by atoms with Gasteiger partial charge in [0.25, 0.3) is 0 Å². The average Bonchev–Trinajstić information content (AvgIpc) is 2.71. The number of ether oxygens (including phenoxy) is 3. The molecule has 1 N–H and O–H groups in total. The molecule has 0 spiro atoms. The first kappa shape index (κ1) is 10.6. The standard InChI is InChI=1S/C10H14O5/c1-5(2)9(12)15-10-8-6(3-14-10)7(11)4-13-8/h6-8,10-11H,1,3-4H2,2H3. The number of carbonyl (C=O) groups is 1. The second kappa shape index (κ2) is 3.92. The summed E-state index contributed by atoms with van der Waals surface area (Å²) in [5.74, 6) is -0.585. The van der Waals surface area contributed by atoms with Crippen molar-refractivity contribution < 1.29 is 24.1 Å². The summed E-state index contributed by atoms with van der Waals surface area (Å²) < 4.78 is 15.6. The highest BCUT2D eigenvalue weighted by molar-refractivity contribution is 5.87. The fraction of sp³-hybridized carbons (Fsp3) is 0.700. The predicted molar refractivity (Wildman–Crippen MR) is 49.9 cm³/mol. The molecule has 0 amide bonds. The van der Waals surface area contributed by atoms with Crippen LogP contribution in [0.2, 0.25) is 0 Å². The van der Waals surface area contributed by atoms with Crippen LogP contribution in [0.5, 0.6) is 0 Å². The van der Waals surface area contributed by atoms with Gasteiger partial charge in [0.15, 0.2) is 0 Å². The minimum absolute atomic E-state index is 0.0899. The zero-order chi connectivity index (χ0) is 11.0. The van der Waals surface area contributed by atoms with Crippen molar-refractivity contribution in [2.24, 2.45) is 5.92 Å². The lowest BCUT2D eigenvalue weighted by atomic mass is 10.0. The van der Waals surface area contributed by atoms with E-state index in [4.69, 9.17) is 14.2 Å². The zero-order valence-electron chi connectivity index (χ0n) is 8.51. The minimum Gasteiger partial charge on any atom is -0.429 e. The van der Waals surface area contributed by atoms with Gasteiger partial charge in [0, 0.05) is 11.5 Å². The van der Waals surface area contributed by atoms with Gasteiger partial charge in [-0.15, -0.1) is 0 Å². The molecule has 15 heavy (non-hydrogen) atoms. The van der Waals surface area contributed by atoms with Crippen LogP contribution in [0.25, 0.3) is 0 Å². The van der Waals surface area contributed by atoms with Crippen LogP contribution in [0.15, 0.2) is 12.2 Å². The van der Waals surface area contributed by atoms with E-state index in [0.29, 0.717) is 12.2 Å². The Morgan fingerprint density at radius 2 is 2.20 bits per heavy atom. The topological polar surface area (TPSA) is 65.0 Å². The molecule has 0 aliphatic carbocycles. The molecule has 2 aliphatic heterocycles. The van der Waals surface area contributed by atoms with Gasteiger partial charge < -0.3 is 19.3 Å². The molecule has 5 heteroatoms. The summed E-state index contributed by atoms with van der Waals surface area (Å²) in [6, 6.07) is 0. The van der Waals surface area contributed by atoms with Crippen LogP contribution in [0.4, 0.5) is 0 Å². The average molecular weight is 214 g/mol. The molecule has 2 fully saturated rings. The van der Waals surface area contributed by atoms with Crippen LogP contribution in [0.1, 0.15) is 6.92 Å². The molecule has 84 valence electrons. The Hall–Kier alpha value is -0.910. The van der Waals surface area contributed by atoms with E-state index in [9.17, 15) is 9.90 Å². The van der Waals surface area contributed by atoms with E-state index in [0.717, 1.165) is 0 Å². The van der Waals surface area contributed by atoms with Gasteiger partial charge >= 0.3 is 5.97 Å².